The molecular formula is C12H19N3O3. The first kappa shape index (κ1) is 13.0. The maximum absolute atomic E-state index is 12.0. The molecule has 100 valence electrons. The summed E-state index contributed by atoms with van der Waals surface area (Å²) in [5, 5.41) is 8.12. The van der Waals surface area contributed by atoms with Crippen molar-refractivity contribution in [3.05, 3.63) is 0 Å². The zero-order valence-corrected chi connectivity index (χ0v) is 10.8. The molecule has 0 saturated carbocycles. The summed E-state index contributed by atoms with van der Waals surface area (Å²) in [4.78, 5) is 23.2. The van der Waals surface area contributed by atoms with Gasteiger partial charge in [-0.25, -0.2) is 5.01 Å². The quantitative estimate of drug-likeness (QED) is 0.785. The van der Waals surface area contributed by atoms with Gasteiger partial charge in [0, 0.05) is 26.5 Å². The molecule has 0 bridgehead atoms. The number of nitrogens with zero attached hydrogens (tertiary/aromatic N) is 2. The third-order valence-corrected chi connectivity index (χ3v) is 3.35. The van der Waals surface area contributed by atoms with Gasteiger partial charge in [-0.1, -0.05) is 0 Å². The summed E-state index contributed by atoms with van der Waals surface area (Å²) in [5.74, 6) is -0.254. The molecule has 6 heteroatoms. The average Bonchev–Trinajstić information content (AvgIpc) is 2.86. The van der Waals surface area contributed by atoms with Gasteiger partial charge in [0.15, 0.2) is 0 Å². The van der Waals surface area contributed by atoms with Gasteiger partial charge in [0.1, 0.15) is 5.71 Å². The molecule has 0 aromatic heterocycles. The lowest BCUT2D eigenvalue weighted by Crippen LogP contribution is -2.45. The van der Waals surface area contributed by atoms with Gasteiger partial charge >= 0.3 is 0 Å². The van der Waals surface area contributed by atoms with E-state index in [1.807, 2.05) is 6.92 Å². The highest BCUT2D eigenvalue weighted by Crippen LogP contribution is 2.15. The van der Waals surface area contributed by atoms with Gasteiger partial charge in [-0.2, -0.15) is 5.10 Å². The second-order valence-electron chi connectivity index (χ2n) is 4.78. The van der Waals surface area contributed by atoms with Crippen LogP contribution < -0.4 is 5.32 Å². The summed E-state index contributed by atoms with van der Waals surface area (Å²) in [6.45, 7) is 2.70. The van der Waals surface area contributed by atoms with Crippen molar-refractivity contribution in [2.75, 3.05) is 13.7 Å². The monoisotopic (exact) mass is 253 g/mol. The fourth-order valence-electron chi connectivity index (χ4n) is 2.21. The fourth-order valence-corrected chi connectivity index (χ4v) is 2.21. The zero-order valence-electron chi connectivity index (χ0n) is 10.8. The highest BCUT2D eigenvalue weighted by atomic mass is 16.5. The van der Waals surface area contributed by atoms with E-state index in [4.69, 9.17) is 4.74 Å². The summed E-state index contributed by atoms with van der Waals surface area (Å²) in [6.07, 6.45) is 2.87. The predicted octanol–water partition coefficient (Wildman–Crippen LogP) is 0.278. The Kier molecular flexibility index (Phi) is 3.96. The van der Waals surface area contributed by atoms with Crippen LogP contribution in [0, 0.1) is 0 Å². The average molecular weight is 253 g/mol. The van der Waals surface area contributed by atoms with Crippen molar-refractivity contribution >= 4 is 17.5 Å². The Bertz CT molecular complexity index is 375. The van der Waals surface area contributed by atoms with Gasteiger partial charge in [0.25, 0.3) is 5.91 Å². The van der Waals surface area contributed by atoms with Gasteiger partial charge < -0.3 is 10.1 Å². The first-order chi connectivity index (χ1) is 8.58. The van der Waals surface area contributed by atoms with Gasteiger partial charge in [0.05, 0.1) is 12.1 Å². The first-order valence-corrected chi connectivity index (χ1v) is 6.34. The molecule has 2 atom stereocenters. The minimum Gasteiger partial charge on any atom is -0.376 e. The van der Waals surface area contributed by atoms with Crippen LogP contribution in [0.1, 0.15) is 32.6 Å². The second-order valence-corrected chi connectivity index (χ2v) is 4.78. The predicted molar refractivity (Wildman–Crippen MR) is 66.0 cm³/mol. The maximum Gasteiger partial charge on any atom is 0.267 e. The SMILES string of the molecule is C[C@H](NC(=O)C1=NN(C)C(=O)CC1)[C@H]1CCCO1. The molecule has 0 aliphatic carbocycles. The molecule has 2 rings (SSSR count). The van der Waals surface area contributed by atoms with Crippen LogP contribution in [0.4, 0.5) is 0 Å². The van der Waals surface area contributed by atoms with Gasteiger partial charge in [-0.15, -0.1) is 0 Å². The first-order valence-electron chi connectivity index (χ1n) is 6.34. The Balaban J connectivity index is 1.91. The smallest absolute Gasteiger partial charge is 0.267 e. The molecule has 2 aliphatic rings. The van der Waals surface area contributed by atoms with Crippen molar-refractivity contribution in [2.45, 2.75) is 44.8 Å². The number of amides is 2. The second kappa shape index (κ2) is 5.48. The summed E-state index contributed by atoms with van der Waals surface area (Å²) < 4.78 is 5.52. The van der Waals surface area contributed by atoms with Crippen LogP contribution >= 0.6 is 0 Å². The molecule has 0 spiro atoms. The molecule has 1 fully saturated rings. The third kappa shape index (κ3) is 2.87. The molecule has 18 heavy (non-hydrogen) atoms. The van der Waals surface area contributed by atoms with E-state index in [2.05, 4.69) is 10.4 Å². The van der Waals surface area contributed by atoms with Gasteiger partial charge in [0.2, 0.25) is 5.91 Å². The maximum atomic E-state index is 12.0. The van der Waals surface area contributed by atoms with Crippen LogP contribution in [-0.4, -0.2) is 48.3 Å². The largest absolute Gasteiger partial charge is 0.376 e. The number of carbonyl (C=O) groups is 2. The minimum atomic E-state index is -0.197. The van der Waals surface area contributed by atoms with E-state index < -0.39 is 0 Å². The fraction of sp³-hybridized carbons (Fsp3) is 0.750. The standard InChI is InChI=1S/C12H19N3O3/c1-8(10-4-3-7-18-10)13-12(17)9-5-6-11(16)15(2)14-9/h8,10H,3-7H2,1-2H3,(H,13,17)/t8-,10+/m0/s1. The van der Waals surface area contributed by atoms with Crippen molar-refractivity contribution in [3.8, 4) is 0 Å². The lowest BCUT2D eigenvalue weighted by molar-refractivity contribution is -0.130. The van der Waals surface area contributed by atoms with E-state index >= 15 is 0 Å². The minimum absolute atomic E-state index is 0.0226. The molecular weight excluding hydrogens is 234 g/mol. The van der Waals surface area contributed by atoms with E-state index in [9.17, 15) is 9.59 Å². The molecule has 2 amide bonds. The Morgan fingerprint density at radius 3 is 2.94 bits per heavy atom. The number of carbonyl (C=O) groups excluding carboxylic acids is 2. The molecule has 2 heterocycles. The van der Waals surface area contributed by atoms with Crippen LogP contribution in [-0.2, 0) is 14.3 Å². The summed E-state index contributed by atoms with van der Waals surface area (Å²) in [6, 6.07) is -0.0226. The van der Waals surface area contributed by atoms with Crippen LogP contribution in [0.15, 0.2) is 5.10 Å². The summed E-state index contributed by atoms with van der Waals surface area (Å²) in [7, 11) is 1.57. The Labute approximate surface area is 106 Å². The van der Waals surface area contributed by atoms with Crippen LogP contribution in [0.25, 0.3) is 0 Å². The van der Waals surface area contributed by atoms with Crippen molar-refractivity contribution in [3.63, 3.8) is 0 Å². The number of rotatable bonds is 3. The van der Waals surface area contributed by atoms with E-state index in [1.54, 1.807) is 7.05 Å². The van der Waals surface area contributed by atoms with Crippen LogP contribution in [0.3, 0.4) is 0 Å². The van der Waals surface area contributed by atoms with Crippen LogP contribution in [0.5, 0.6) is 0 Å². The van der Waals surface area contributed by atoms with Crippen molar-refractivity contribution in [1.82, 2.24) is 10.3 Å². The van der Waals surface area contributed by atoms with Gasteiger partial charge in [-0.3, -0.25) is 9.59 Å². The van der Waals surface area contributed by atoms with E-state index in [-0.39, 0.29) is 24.0 Å². The zero-order chi connectivity index (χ0) is 13.1. The van der Waals surface area contributed by atoms with E-state index in [0.29, 0.717) is 18.6 Å². The molecule has 6 nitrogen and oxygen atoms in total. The van der Waals surface area contributed by atoms with Crippen molar-refractivity contribution < 1.29 is 14.3 Å². The number of ether oxygens (including phenoxy) is 1. The molecule has 2 aliphatic heterocycles. The molecule has 0 aromatic carbocycles. The molecule has 0 radical (unpaired) electrons. The van der Waals surface area contributed by atoms with E-state index in [0.717, 1.165) is 19.4 Å². The highest BCUT2D eigenvalue weighted by Gasteiger charge is 2.27. The summed E-state index contributed by atoms with van der Waals surface area (Å²) in [5.41, 5.74) is 0.418. The molecule has 0 aromatic rings. The van der Waals surface area contributed by atoms with Gasteiger partial charge in [-0.05, 0) is 19.8 Å². The van der Waals surface area contributed by atoms with Crippen molar-refractivity contribution in [2.24, 2.45) is 5.10 Å². The lowest BCUT2D eigenvalue weighted by Gasteiger charge is -2.23. The van der Waals surface area contributed by atoms with Crippen LogP contribution in [0.2, 0.25) is 0 Å². The number of hydrogen-bond acceptors (Lipinski definition) is 4. The topological polar surface area (TPSA) is 71.0 Å². The Hall–Kier alpha value is -1.43. The highest BCUT2D eigenvalue weighted by molar-refractivity contribution is 6.39. The number of hydrogen-bond donors (Lipinski definition) is 1. The summed E-state index contributed by atoms with van der Waals surface area (Å²) >= 11 is 0. The molecule has 1 saturated heterocycles. The Morgan fingerprint density at radius 1 is 1.56 bits per heavy atom. The van der Waals surface area contributed by atoms with Crippen molar-refractivity contribution in [1.29, 1.82) is 0 Å². The lowest BCUT2D eigenvalue weighted by atomic mass is 10.1. The number of nitrogens with one attached hydrogen (secondary N) is 1. The molecule has 0 unspecified atom stereocenters. The number of hydrazone groups is 1. The third-order valence-electron chi connectivity index (χ3n) is 3.35. The normalized spacial score (nSPS) is 25.9. The Morgan fingerprint density at radius 2 is 2.33 bits per heavy atom. The molecule has 1 N–H and O–H groups in total. The van der Waals surface area contributed by atoms with E-state index in [1.165, 1.54) is 5.01 Å².